The molecule has 1 unspecified atom stereocenters. The van der Waals surface area contributed by atoms with E-state index < -0.39 is 5.60 Å². The molecule has 0 aliphatic heterocycles. The first kappa shape index (κ1) is 13.5. The zero-order chi connectivity index (χ0) is 12.9. The van der Waals surface area contributed by atoms with Crippen LogP contribution in [0.3, 0.4) is 0 Å². The monoisotopic (exact) mass is 242 g/mol. The average Bonchev–Trinajstić information content (AvgIpc) is 2.31. The Bertz CT molecular complexity index is 371. The van der Waals surface area contributed by atoms with E-state index >= 15 is 0 Å². The number of aliphatic hydroxyl groups is 2. The Labute approximate surface area is 99.7 Å². The summed E-state index contributed by atoms with van der Waals surface area (Å²) in [5.41, 5.74) is 4.83. The second-order valence-corrected chi connectivity index (χ2v) is 3.88. The van der Waals surface area contributed by atoms with Gasteiger partial charge in [0.15, 0.2) is 5.82 Å². The third-order valence-corrected chi connectivity index (χ3v) is 2.11. The van der Waals surface area contributed by atoms with E-state index in [4.69, 9.17) is 15.6 Å². The van der Waals surface area contributed by atoms with Gasteiger partial charge in [0.05, 0.1) is 13.2 Å². The molecule has 0 fully saturated rings. The molecule has 1 aromatic heterocycles. The summed E-state index contributed by atoms with van der Waals surface area (Å²) in [4.78, 5) is 7.82. The predicted molar refractivity (Wildman–Crippen MR) is 63.8 cm³/mol. The minimum atomic E-state index is -1.23. The van der Waals surface area contributed by atoms with Gasteiger partial charge in [-0.2, -0.15) is 4.98 Å². The van der Waals surface area contributed by atoms with Gasteiger partial charge in [-0.3, -0.25) is 0 Å². The minimum Gasteiger partial charge on any atom is -0.476 e. The van der Waals surface area contributed by atoms with Crippen molar-refractivity contribution >= 4 is 11.5 Å². The van der Waals surface area contributed by atoms with Crippen molar-refractivity contribution in [3.8, 4) is 5.88 Å². The lowest BCUT2D eigenvalue weighted by Gasteiger charge is -2.21. The number of rotatable bonds is 6. The molecule has 1 heterocycles. The maximum absolute atomic E-state index is 9.62. The highest BCUT2D eigenvalue weighted by molar-refractivity contribution is 5.66. The summed E-state index contributed by atoms with van der Waals surface area (Å²) >= 11 is 0. The summed E-state index contributed by atoms with van der Waals surface area (Å²) in [5.74, 6) is 0.672. The van der Waals surface area contributed by atoms with Crippen LogP contribution in [0, 0.1) is 0 Å². The van der Waals surface area contributed by atoms with Crippen LogP contribution in [0.4, 0.5) is 11.5 Å². The SMILES string of the molecule is CCOc1ncnc(NCC(C)(O)CO)c1N. The van der Waals surface area contributed by atoms with E-state index in [1.807, 2.05) is 6.92 Å². The molecule has 0 spiro atoms. The van der Waals surface area contributed by atoms with Crippen molar-refractivity contribution in [1.82, 2.24) is 9.97 Å². The van der Waals surface area contributed by atoms with E-state index in [-0.39, 0.29) is 18.8 Å². The fraction of sp³-hybridized carbons (Fsp3) is 0.600. The van der Waals surface area contributed by atoms with Crippen molar-refractivity contribution < 1.29 is 14.9 Å². The molecule has 5 N–H and O–H groups in total. The van der Waals surface area contributed by atoms with Gasteiger partial charge in [0.25, 0.3) is 0 Å². The second kappa shape index (κ2) is 5.65. The number of nitrogens with zero attached hydrogens (tertiary/aromatic N) is 2. The number of aliphatic hydroxyl groups excluding tert-OH is 1. The van der Waals surface area contributed by atoms with Gasteiger partial charge in [-0.05, 0) is 13.8 Å². The van der Waals surface area contributed by atoms with Gasteiger partial charge >= 0.3 is 0 Å². The molecular weight excluding hydrogens is 224 g/mol. The molecule has 0 radical (unpaired) electrons. The van der Waals surface area contributed by atoms with Crippen LogP contribution in [0.2, 0.25) is 0 Å². The number of hydrogen-bond donors (Lipinski definition) is 4. The van der Waals surface area contributed by atoms with Crippen LogP contribution in [0.5, 0.6) is 5.88 Å². The minimum absolute atomic E-state index is 0.121. The molecule has 0 bridgehead atoms. The first-order valence-electron chi connectivity index (χ1n) is 5.30. The lowest BCUT2D eigenvalue weighted by atomic mass is 10.1. The molecule has 1 aromatic rings. The normalized spacial score (nSPS) is 14.1. The summed E-state index contributed by atoms with van der Waals surface area (Å²) in [6.07, 6.45) is 1.32. The molecular formula is C10H18N4O3. The molecule has 7 nitrogen and oxygen atoms in total. The van der Waals surface area contributed by atoms with Gasteiger partial charge in [-0.15, -0.1) is 0 Å². The van der Waals surface area contributed by atoms with Gasteiger partial charge in [0.2, 0.25) is 5.88 Å². The second-order valence-electron chi connectivity index (χ2n) is 3.88. The maximum Gasteiger partial charge on any atom is 0.242 e. The maximum atomic E-state index is 9.62. The van der Waals surface area contributed by atoms with Crippen molar-refractivity contribution in [2.24, 2.45) is 0 Å². The smallest absolute Gasteiger partial charge is 0.242 e. The van der Waals surface area contributed by atoms with Crippen LogP contribution in [0.25, 0.3) is 0 Å². The van der Waals surface area contributed by atoms with E-state index in [0.29, 0.717) is 18.3 Å². The first-order valence-corrected chi connectivity index (χ1v) is 5.30. The molecule has 1 rings (SSSR count). The van der Waals surface area contributed by atoms with Crippen LogP contribution < -0.4 is 15.8 Å². The highest BCUT2D eigenvalue weighted by atomic mass is 16.5. The van der Waals surface area contributed by atoms with Gasteiger partial charge in [0.1, 0.15) is 17.6 Å². The number of anilines is 2. The van der Waals surface area contributed by atoms with E-state index in [1.165, 1.54) is 13.3 Å². The van der Waals surface area contributed by atoms with Crippen LogP contribution in [0.1, 0.15) is 13.8 Å². The average molecular weight is 242 g/mol. The van der Waals surface area contributed by atoms with Crippen molar-refractivity contribution in [2.75, 3.05) is 30.8 Å². The van der Waals surface area contributed by atoms with Gasteiger partial charge in [0, 0.05) is 6.54 Å². The largest absolute Gasteiger partial charge is 0.476 e. The van der Waals surface area contributed by atoms with E-state index in [1.54, 1.807) is 0 Å². The Hall–Kier alpha value is -1.60. The van der Waals surface area contributed by atoms with E-state index in [9.17, 15) is 5.11 Å². The lowest BCUT2D eigenvalue weighted by Crippen LogP contribution is -2.37. The summed E-state index contributed by atoms with van der Waals surface area (Å²) in [6, 6.07) is 0. The zero-order valence-corrected chi connectivity index (χ0v) is 9.97. The molecule has 7 heteroatoms. The number of ether oxygens (including phenoxy) is 1. The summed E-state index contributed by atoms with van der Waals surface area (Å²) in [6.45, 7) is 3.54. The van der Waals surface area contributed by atoms with Gasteiger partial charge < -0.3 is 26.0 Å². The Morgan fingerprint density at radius 3 is 2.82 bits per heavy atom. The fourth-order valence-electron chi connectivity index (χ4n) is 1.10. The van der Waals surface area contributed by atoms with Crippen LogP contribution in [-0.2, 0) is 0 Å². The Morgan fingerprint density at radius 1 is 1.53 bits per heavy atom. The number of nitrogen functional groups attached to an aromatic ring is 1. The standard InChI is InChI=1S/C10H18N4O3/c1-3-17-9-7(11)8(13-6-14-9)12-4-10(2,16)5-15/h6,15-16H,3-5,11H2,1-2H3,(H,12,13,14). The quantitative estimate of drug-likeness (QED) is 0.537. The van der Waals surface area contributed by atoms with Crippen LogP contribution in [-0.4, -0.2) is 45.5 Å². The Balaban J connectivity index is 2.75. The molecule has 96 valence electrons. The van der Waals surface area contributed by atoms with Crippen molar-refractivity contribution in [1.29, 1.82) is 0 Å². The highest BCUT2D eigenvalue weighted by Crippen LogP contribution is 2.24. The summed E-state index contributed by atoms with van der Waals surface area (Å²) in [7, 11) is 0. The highest BCUT2D eigenvalue weighted by Gasteiger charge is 2.19. The number of aromatic nitrogens is 2. The summed E-state index contributed by atoms with van der Waals surface area (Å²) in [5, 5.41) is 21.4. The number of nitrogens with one attached hydrogen (secondary N) is 1. The summed E-state index contributed by atoms with van der Waals surface area (Å²) < 4.78 is 5.21. The molecule has 1 atom stereocenters. The van der Waals surface area contributed by atoms with Gasteiger partial charge in [-0.1, -0.05) is 0 Å². The first-order chi connectivity index (χ1) is 8.00. The number of nitrogens with two attached hydrogens (primary N) is 1. The Morgan fingerprint density at radius 2 is 2.24 bits per heavy atom. The van der Waals surface area contributed by atoms with Gasteiger partial charge in [-0.25, -0.2) is 4.98 Å². The van der Waals surface area contributed by atoms with Crippen molar-refractivity contribution in [3.63, 3.8) is 0 Å². The van der Waals surface area contributed by atoms with Crippen molar-refractivity contribution in [3.05, 3.63) is 6.33 Å². The topological polar surface area (TPSA) is 114 Å². The third kappa shape index (κ3) is 3.72. The lowest BCUT2D eigenvalue weighted by molar-refractivity contribution is 0.0132. The van der Waals surface area contributed by atoms with E-state index in [0.717, 1.165) is 0 Å². The molecule has 0 aliphatic rings. The number of hydrogen-bond acceptors (Lipinski definition) is 7. The van der Waals surface area contributed by atoms with Crippen molar-refractivity contribution in [2.45, 2.75) is 19.4 Å². The zero-order valence-electron chi connectivity index (χ0n) is 9.97. The fourth-order valence-corrected chi connectivity index (χ4v) is 1.10. The third-order valence-electron chi connectivity index (χ3n) is 2.11. The molecule has 17 heavy (non-hydrogen) atoms. The van der Waals surface area contributed by atoms with E-state index in [2.05, 4.69) is 15.3 Å². The van der Waals surface area contributed by atoms with Crippen LogP contribution >= 0.6 is 0 Å². The molecule has 0 amide bonds. The molecule has 0 saturated heterocycles. The Kier molecular flexibility index (Phi) is 4.47. The predicted octanol–water partition coefficient (Wildman–Crippen LogP) is -0.387. The van der Waals surface area contributed by atoms with Crippen LogP contribution in [0.15, 0.2) is 6.33 Å². The molecule has 0 saturated carbocycles. The molecule has 0 aliphatic carbocycles. The molecule has 0 aromatic carbocycles.